The number of carbonyl (C=O) groups is 2. The minimum atomic E-state index is -0.296. The maximum absolute atomic E-state index is 11.9. The Morgan fingerprint density at radius 3 is 2.04 bits per heavy atom. The van der Waals surface area contributed by atoms with Gasteiger partial charge in [-0.1, -0.05) is 36.4 Å². The summed E-state index contributed by atoms with van der Waals surface area (Å²) in [4.78, 5) is 23.8. The Balaban J connectivity index is 1.94. The summed E-state index contributed by atoms with van der Waals surface area (Å²) in [6.07, 6.45) is 5.84. The van der Waals surface area contributed by atoms with Gasteiger partial charge in [-0.2, -0.15) is 0 Å². The molecule has 4 heteroatoms. The normalized spacial score (nSPS) is 11.2. The zero-order valence-corrected chi connectivity index (χ0v) is 15.2. The number of aromatic hydroxyl groups is 1. The van der Waals surface area contributed by atoms with Crippen molar-refractivity contribution in [3.8, 4) is 11.5 Å². The number of rotatable bonds is 7. The van der Waals surface area contributed by atoms with Crippen molar-refractivity contribution in [3.05, 3.63) is 70.8 Å². The molecule has 0 atom stereocenters. The molecule has 1 N–H and O–H groups in total. The number of aryl methyl sites for hydroxylation is 2. The number of ether oxygens (including phenoxy) is 1. The Labute approximate surface area is 153 Å². The van der Waals surface area contributed by atoms with E-state index in [9.17, 15) is 14.7 Å². The zero-order valence-electron chi connectivity index (χ0n) is 15.2. The Morgan fingerprint density at radius 1 is 0.923 bits per heavy atom. The van der Waals surface area contributed by atoms with Crippen LogP contribution in [-0.2, 0) is 9.59 Å². The average Bonchev–Trinajstić information content (AvgIpc) is 2.61. The standard InChI is InChI=1S/C22H22O4/c1-15-4-5-17(12-16(15)2)6-9-19(23)14-20(24)10-7-18-8-11-22(26-3)21(25)13-18/h4-13,25H,14H2,1-3H3/b9-6+,10-7+. The van der Waals surface area contributed by atoms with Gasteiger partial charge in [0.2, 0.25) is 0 Å². The fourth-order valence-electron chi connectivity index (χ4n) is 2.35. The van der Waals surface area contributed by atoms with Crippen molar-refractivity contribution in [2.24, 2.45) is 0 Å². The van der Waals surface area contributed by atoms with E-state index in [1.165, 1.54) is 30.9 Å². The van der Waals surface area contributed by atoms with Crippen LogP contribution in [0.5, 0.6) is 11.5 Å². The van der Waals surface area contributed by atoms with Crippen LogP contribution in [0.15, 0.2) is 48.6 Å². The molecule has 4 nitrogen and oxygen atoms in total. The summed E-state index contributed by atoms with van der Waals surface area (Å²) in [5.41, 5.74) is 3.92. The molecule has 2 aromatic rings. The van der Waals surface area contributed by atoms with Gasteiger partial charge in [0.05, 0.1) is 13.5 Å². The molecule has 26 heavy (non-hydrogen) atoms. The first-order chi connectivity index (χ1) is 12.4. The van der Waals surface area contributed by atoms with Gasteiger partial charge in [-0.15, -0.1) is 0 Å². The van der Waals surface area contributed by atoms with Crippen molar-refractivity contribution >= 4 is 23.7 Å². The van der Waals surface area contributed by atoms with Gasteiger partial charge in [0, 0.05) is 0 Å². The van der Waals surface area contributed by atoms with Crippen LogP contribution in [0.4, 0.5) is 0 Å². The van der Waals surface area contributed by atoms with Crippen molar-refractivity contribution in [2.45, 2.75) is 20.3 Å². The van der Waals surface area contributed by atoms with E-state index in [1.807, 2.05) is 32.0 Å². The third-order valence-corrected chi connectivity index (χ3v) is 4.01. The van der Waals surface area contributed by atoms with E-state index in [-0.39, 0.29) is 23.7 Å². The Hall–Kier alpha value is -3.14. The Morgan fingerprint density at radius 2 is 1.50 bits per heavy atom. The highest BCUT2D eigenvalue weighted by Crippen LogP contribution is 2.26. The second-order valence-electron chi connectivity index (χ2n) is 6.05. The third kappa shape index (κ3) is 5.45. The molecule has 2 aromatic carbocycles. The molecule has 0 saturated heterocycles. The van der Waals surface area contributed by atoms with Gasteiger partial charge in [-0.05, 0) is 60.4 Å². The minimum absolute atomic E-state index is 0.00509. The van der Waals surface area contributed by atoms with E-state index in [0.717, 1.165) is 11.1 Å². The number of allylic oxidation sites excluding steroid dienone is 2. The molecule has 0 unspecified atom stereocenters. The number of methoxy groups -OCH3 is 1. The molecule has 0 fully saturated rings. The summed E-state index contributed by atoms with van der Waals surface area (Å²) >= 11 is 0. The molecular weight excluding hydrogens is 328 g/mol. The number of carbonyl (C=O) groups excluding carboxylic acids is 2. The topological polar surface area (TPSA) is 63.6 Å². The summed E-state index contributed by atoms with van der Waals surface area (Å²) in [7, 11) is 1.46. The number of hydrogen-bond donors (Lipinski definition) is 1. The fraction of sp³-hybridized carbons (Fsp3) is 0.182. The SMILES string of the molecule is COc1ccc(/C=C/C(=O)CC(=O)/C=C/c2ccc(C)c(C)c2)cc1O. The first-order valence-corrected chi connectivity index (χ1v) is 8.25. The van der Waals surface area contributed by atoms with Gasteiger partial charge in [0.25, 0.3) is 0 Å². The van der Waals surface area contributed by atoms with Crippen LogP contribution in [0.3, 0.4) is 0 Å². The highest BCUT2D eigenvalue weighted by molar-refractivity contribution is 6.10. The van der Waals surface area contributed by atoms with Crippen molar-refractivity contribution < 1.29 is 19.4 Å². The first kappa shape index (κ1) is 19.2. The van der Waals surface area contributed by atoms with Gasteiger partial charge in [0.15, 0.2) is 23.1 Å². The lowest BCUT2D eigenvalue weighted by atomic mass is 10.1. The lowest BCUT2D eigenvalue weighted by Crippen LogP contribution is -2.01. The molecule has 0 bridgehead atoms. The molecule has 0 amide bonds. The zero-order chi connectivity index (χ0) is 19.1. The van der Waals surface area contributed by atoms with Crippen LogP contribution in [-0.4, -0.2) is 23.8 Å². The summed E-state index contributed by atoms with van der Waals surface area (Å²) in [6, 6.07) is 10.7. The number of benzene rings is 2. The van der Waals surface area contributed by atoms with Gasteiger partial charge >= 0.3 is 0 Å². The molecule has 0 radical (unpaired) electrons. The van der Waals surface area contributed by atoms with Crippen LogP contribution in [0.1, 0.15) is 28.7 Å². The smallest absolute Gasteiger partial charge is 0.163 e. The van der Waals surface area contributed by atoms with Gasteiger partial charge in [0.1, 0.15) is 0 Å². The van der Waals surface area contributed by atoms with E-state index in [1.54, 1.807) is 24.3 Å². The fourth-order valence-corrected chi connectivity index (χ4v) is 2.35. The molecule has 0 spiro atoms. The maximum Gasteiger partial charge on any atom is 0.163 e. The lowest BCUT2D eigenvalue weighted by Gasteiger charge is -2.03. The highest BCUT2D eigenvalue weighted by Gasteiger charge is 2.05. The van der Waals surface area contributed by atoms with Crippen LogP contribution in [0, 0.1) is 13.8 Å². The molecule has 0 aliphatic rings. The van der Waals surface area contributed by atoms with E-state index < -0.39 is 0 Å². The summed E-state index contributed by atoms with van der Waals surface area (Å²) in [5, 5.41) is 9.71. The minimum Gasteiger partial charge on any atom is -0.504 e. The van der Waals surface area contributed by atoms with Gasteiger partial charge < -0.3 is 9.84 Å². The number of ketones is 2. The average molecular weight is 350 g/mol. The predicted molar refractivity (Wildman–Crippen MR) is 103 cm³/mol. The molecule has 0 heterocycles. The third-order valence-electron chi connectivity index (χ3n) is 4.01. The lowest BCUT2D eigenvalue weighted by molar-refractivity contribution is -0.121. The molecule has 2 rings (SSSR count). The first-order valence-electron chi connectivity index (χ1n) is 8.25. The van der Waals surface area contributed by atoms with Crippen LogP contribution in [0.2, 0.25) is 0 Å². The summed E-state index contributed by atoms with van der Waals surface area (Å²) in [5.74, 6) is -0.194. The molecule has 0 aromatic heterocycles. The molecule has 0 aliphatic carbocycles. The summed E-state index contributed by atoms with van der Waals surface area (Å²) < 4.78 is 4.96. The van der Waals surface area contributed by atoms with Gasteiger partial charge in [-0.25, -0.2) is 0 Å². The van der Waals surface area contributed by atoms with Gasteiger partial charge in [-0.3, -0.25) is 9.59 Å². The highest BCUT2D eigenvalue weighted by atomic mass is 16.5. The Kier molecular flexibility index (Phi) is 6.50. The van der Waals surface area contributed by atoms with Crippen LogP contribution < -0.4 is 4.74 Å². The second-order valence-corrected chi connectivity index (χ2v) is 6.05. The van der Waals surface area contributed by atoms with E-state index in [4.69, 9.17) is 4.74 Å². The molecule has 134 valence electrons. The quantitative estimate of drug-likeness (QED) is 0.598. The van der Waals surface area contributed by atoms with Crippen molar-refractivity contribution in [2.75, 3.05) is 7.11 Å². The van der Waals surface area contributed by atoms with E-state index in [0.29, 0.717) is 11.3 Å². The molecule has 0 saturated carbocycles. The number of phenolic OH excluding ortho intramolecular Hbond substituents is 1. The Bertz CT molecular complexity index is 876. The predicted octanol–water partition coefficient (Wildman–Crippen LogP) is 4.27. The molecule has 0 aliphatic heterocycles. The van der Waals surface area contributed by atoms with Crippen LogP contribution in [0.25, 0.3) is 12.2 Å². The number of hydrogen-bond acceptors (Lipinski definition) is 4. The van der Waals surface area contributed by atoms with E-state index in [2.05, 4.69) is 0 Å². The number of phenols is 1. The van der Waals surface area contributed by atoms with E-state index >= 15 is 0 Å². The van der Waals surface area contributed by atoms with Crippen molar-refractivity contribution in [1.29, 1.82) is 0 Å². The monoisotopic (exact) mass is 350 g/mol. The van der Waals surface area contributed by atoms with Crippen molar-refractivity contribution in [1.82, 2.24) is 0 Å². The molecular formula is C22H22O4. The second kappa shape index (κ2) is 8.81. The summed E-state index contributed by atoms with van der Waals surface area (Å²) in [6.45, 7) is 4.04. The van der Waals surface area contributed by atoms with Crippen LogP contribution >= 0.6 is 0 Å². The maximum atomic E-state index is 11.9. The van der Waals surface area contributed by atoms with Crippen molar-refractivity contribution in [3.63, 3.8) is 0 Å². The largest absolute Gasteiger partial charge is 0.504 e.